The summed E-state index contributed by atoms with van der Waals surface area (Å²) >= 11 is 0. The van der Waals surface area contributed by atoms with Crippen molar-refractivity contribution in [1.82, 2.24) is 5.32 Å². The third-order valence-corrected chi connectivity index (χ3v) is 4.42. The zero-order valence-electron chi connectivity index (χ0n) is 15.4. The largest absolute Gasteiger partial charge is 0.496 e. The smallest absolute Gasteiger partial charge is 0.306 e. The van der Waals surface area contributed by atoms with Gasteiger partial charge in [0.15, 0.2) is 0 Å². The Balaban J connectivity index is 2.11. The molecule has 26 heavy (non-hydrogen) atoms. The number of aliphatic carboxylic acids is 1. The number of hydrogen-bond donors (Lipinski definition) is 2. The highest BCUT2D eigenvalue weighted by atomic mass is 16.5. The van der Waals surface area contributed by atoms with E-state index in [1.807, 2.05) is 44.2 Å². The first-order valence-electron chi connectivity index (χ1n) is 8.68. The number of nitrogens with one attached hydrogen (secondary N) is 1. The lowest BCUT2D eigenvalue weighted by Gasteiger charge is -2.14. The number of carboxylic acids is 1. The van der Waals surface area contributed by atoms with Gasteiger partial charge in [0.05, 0.1) is 13.0 Å². The maximum absolute atomic E-state index is 12.3. The summed E-state index contributed by atoms with van der Waals surface area (Å²) in [6.45, 7) is 4.15. The molecular weight excluding hydrogens is 330 g/mol. The molecule has 138 valence electrons. The molecule has 0 saturated heterocycles. The van der Waals surface area contributed by atoms with Crippen molar-refractivity contribution in [2.75, 3.05) is 7.11 Å². The summed E-state index contributed by atoms with van der Waals surface area (Å²) in [7, 11) is 1.58. The first-order valence-corrected chi connectivity index (χ1v) is 8.68. The summed E-state index contributed by atoms with van der Waals surface area (Å²) in [5.41, 5.74) is 3.44. The Morgan fingerprint density at radius 2 is 1.85 bits per heavy atom. The van der Waals surface area contributed by atoms with E-state index in [-0.39, 0.29) is 5.91 Å². The summed E-state index contributed by atoms with van der Waals surface area (Å²) in [4.78, 5) is 23.6. The van der Waals surface area contributed by atoms with E-state index in [2.05, 4.69) is 5.32 Å². The average Bonchev–Trinajstić information content (AvgIpc) is 2.64. The van der Waals surface area contributed by atoms with Crippen molar-refractivity contribution < 1.29 is 19.4 Å². The van der Waals surface area contributed by atoms with E-state index in [0.717, 1.165) is 16.7 Å². The van der Waals surface area contributed by atoms with Crippen molar-refractivity contribution in [3.05, 3.63) is 64.7 Å². The Morgan fingerprint density at radius 3 is 2.42 bits per heavy atom. The van der Waals surface area contributed by atoms with Crippen LogP contribution in [-0.4, -0.2) is 24.1 Å². The highest BCUT2D eigenvalue weighted by Gasteiger charge is 2.17. The fourth-order valence-corrected chi connectivity index (χ4v) is 2.77. The molecule has 2 N–H and O–H groups in total. The van der Waals surface area contributed by atoms with E-state index >= 15 is 0 Å². The van der Waals surface area contributed by atoms with Crippen LogP contribution in [0.2, 0.25) is 0 Å². The van der Waals surface area contributed by atoms with Gasteiger partial charge in [-0.05, 0) is 43.5 Å². The number of rotatable bonds is 8. The van der Waals surface area contributed by atoms with E-state index in [4.69, 9.17) is 4.74 Å². The second-order valence-electron chi connectivity index (χ2n) is 6.34. The molecule has 0 saturated carbocycles. The van der Waals surface area contributed by atoms with Gasteiger partial charge < -0.3 is 15.2 Å². The molecule has 0 spiro atoms. The van der Waals surface area contributed by atoms with Gasteiger partial charge in [-0.25, -0.2) is 0 Å². The molecule has 0 heterocycles. The first kappa shape index (κ1) is 19.5. The summed E-state index contributed by atoms with van der Waals surface area (Å²) < 4.78 is 5.37. The van der Waals surface area contributed by atoms with E-state index in [1.165, 1.54) is 0 Å². The van der Waals surface area contributed by atoms with Gasteiger partial charge in [0.1, 0.15) is 5.75 Å². The molecule has 0 aliphatic carbocycles. The van der Waals surface area contributed by atoms with Crippen LogP contribution in [0.15, 0.2) is 42.5 Å². The highest BCUT2D eigenvalue weighted by Crippen LogP contribution is 2.22. The van der Waals surface area contributed by atoms with Crippen molar-refractivity contribution in [3.63, 3.8) is 0 Å². The number of benzene rings is 2. The van der Waals surface area contributed by atoms with Crippen molar-refractivity contribution in [3.8, 4) is 5.75 Å². The minimum atomic E-state index is -0.794. The third-order valence-electron chi connectivity index (χ3n) is 4.42. The maximum atomic E-state index is 12.3. The Kier molecular flexibility index (Phi) is 6.78. The van der Waals surface area contributed by atoms with Gasteiger partial charge in [-0.15, -0.1) is 0 Å². The maximum Gasteiger partial charge on any atom is 0.306 e. The normalized spacial score (nSPS) is 11.7. The number of carbonyl (C=O) groups excluding carboxylic acids is 1. The molecular formula is C21H25NO4. The molecule has 0 bridgehead atoms. The van der Waals surface area contributed by atoms with Crippen LogP contribution in [0.4, 0.5) is 0 Å². The van der Waals surface area contributed by atoms with Gasteiger partial charge in [0.2, 0.25) is 0 Å². The highest BCUT2D eigenvalue weighted by molar-refractivity contribution is 5.94. The van der Waals surface area contributed by atoms with Gasteiger partial charge >= 0.3 is 5.97 Å². The number of carbonyl (C=O) groups is 2. The summed E-state index contributed by atoms with van der Waals surface area (Å²) in [5.74, 6) is -0.702. The Hall–Kier alpha value is -2.82. The molecule has 5 heteroatoms. The van der Waals surface area contributed by atoms with Crippen LogP contribution in [0.1, 0.15) is 40.4 Å². The Morgan fingerprint density at radius 1 is 1.15 bits per heavy atom. The third kappa shape index (κ3) is 5.09. The minimum Gasteiger partial charge on any atom is -0.496 e. The molecule has 1 unspecified atom stereocenters. The molecule has 0 aliphatic heterocycles. The number of amides is 1. The van der Waals surface area contributed by atoms with Gasteiger partial charge in [0.25, 0.3) is 5.91 Å². The lowest BCUT2D eigenvalue weighted by Crippen LogP contribution is -2.23. The summed E-state index contributed by atoms with van der Waals surface area (Å²) in [5, 5.41) is 12.1. The molecule has 0 radical (unpaired) electrons. The quantitative estimate of drug-likeness (QED) is 0.759. The predicted molar refractivity (Wildman–Crippen MR) is 100 cm³/mol. The van der Waals surface area contributed by atoms with Crippen LogP contribution in [-0.2, 0) is 17.8 Å². The minimum absolute atomic E-state index is 0.158. The van der Waals surface area contributed by atoms with Crippen LogP contribution in [0.3, 0.4) is 0 Å². The Labute approximate surface area is 154 Å². The number of methoxy groups -OCH3 is 1. The first-order chi connectivity index (χ1) is 12.4. The van der Waals surface area contributed by atoms with E-state index < -0.39 is 11.9 Å². The SMILES string of the molecule is CCC(Cc1ccc(OC)c(CNC(=O)c2ccc(C)cc2)c1)C(=O)O. The van der Waals surface area contributed by atoms with E-state index in [0.29, 0.717) is 30.7 Å². The molecule has 0 aromatic heterocycles. The van der Waals surface area contributed by atoms with E-state index in [1.54, 1.807) is 19.2 Å². The van der Waals surface area contributed by atoms with Gasteiger partial charge in [-0.1, -0.05) is 36.8 Å². The van der Waals surface area contributed by atoms with Crippen molar-refractivity contribution in [2.45, 2.75) is 33.2 Å². The van der Waals surface area contributed by atoms with Crippen LogP contribution >= 0.6 is 0 Å². The monoisotopic (exact) mass is 355 g/mol. The summed E-state index contributed by atoms with van der Waals surface area (Å²) in [6.07, 6.45) is 1.02. The Bertz CT molecular complexity index is 768. The van der Waals surface area contributed by atoms with E-state index in [9.17, 15) is 14.7 Å². The lowest BCUT2D eigenvalue weighted by atomic mass is 9.95. The van der Waals surface area contributed by atoms with Crippen molar-refractivity contribution in [1.29, 1.82) is 0 Å². The molecule has 1 atom stereocenters. The average molecular weight is 355 g/mol. The van der Waals surface area contributed by atoms with Gasteiger partial charge in [0, 0.05) is 17.7 Å². The zero-order valence-corrected chi connectivity index (χ0v) is 15.4. The molecule has 1 amide bonds. The number of ether oxygens (including phenoxy) is 1. The molecule has 0 fully saturated rings. The van der Waals surface area contributed by atoms with Crippen LogP contribution in [0, 0.1) is 12.8 Å². The zero-order chi connectivity index (χ0) is 19.1. The fraction of sp³-hybridized carbons (Fsp3) is 0.333. The van der Waals surface area contributed by atoms with Gasteiger partial charge in [-0.3, -0.25) is 9.59 Å². The molecule has 0 aliphatic rings. The second-order valence-corrected chi connectivity index (χ2v) is 6.34. The van der Waals surface area contributed by atoms with Crippen LogP contribution in [0.25, 0.3) is 0 Å². The molecule has 2 aromatic rings. The molecule has 5 nitrogen and oxygen atoms in total. The van der Waals surface area contributed by atoms with Crippen LogP contribution < -0.4 is 10.1 Å². The number of carboxylic acid groups (broad SMARTS) is 1. The standard InChI is InChI=1S/C21H25NO4/c1-4-16(21(24)25)11-15-7-10-19(26-3)18(12-15)13-22-20(23)17-8-5-14(2)6-9-17/h5-10,12,16H,4,11,13H2,1-3H3,(H,22,23)(H,24,25). The second kappa shape index (κ2) is 9.04. The van der Waals surface area contributed by atoms with Gasteiger partial charge in [-0.2, -0.15) is 0 Å². The number of hydrogen-bond acceptors (Lipinski definition) is 3. The molecule has 2 rings (SSSR count). The molecule has 2 aromatic carbocycles. The number of aryl methyl sites for hydroxylation is 1. The topological polar surface area (TPSA) is 75.6 Å². The predicted octanol–water partition coefficient (Wildman–Crippen LogP) is 3.59. The summed E-state index contributed by atoms with van der Waals surface area (Å²) in [6, 6.07) is 13.0. The fourth-order valence-electron chi connectivity index (χ4n) is 2.77. The van der Waals surface area contributed by atoms with Crippen molar-refractivity contribution >= 4 is 11.9 Å². The van der Waals surface area contributed by atoms with Crippen LogP contribution in [0.5, 0.6) is 5.75 Å². The lowest BCUT2D eigenvalue weighted by molar-refractivity contribution is -0.141. The van der Waals surface area contributed by atoms with Crippen molar-refractivity contribution in [2.24, 2.45) is 5.92 Å².